The van der Waals surface area contributed by atoms with Crippen molar-refractivity contribution in [1.82, 2.24) is 19.1 Å². The summed E-state index contributed by atoms with van der Waals surface area (Å²) in [5.41, 5.74) is 0.945. The zero-order valence-electron chi connectivity index (χ0n) is 12.1. The van der Waals surface area contributed by atoms with E-state index in [9.17, 15) is 8.42 Å². The smallest absolute Gasteiger partial charge is 0.243 e. The first-order valence-electron chi connectivity index (χ1n) is 6.89. The standard InChI is InChI=1S/C14H18N4O2S/c1-11-4-3-5-13(8-11)21(19,20)18-7-6-12(9-18)14-16-15-10-17(14)2/h3-5,8,10,12H,6-7,9H2,1-2H3. The van der Waals surface area contributed by atoms with Gasteiger partial charge in [-0.05, 0) is 31.0 Å². The zero-order chi connectivity index (χ0) is 15.0. The van der Waals surface area contributed by atoms with Crippen molar-refractivity contribution in [2.75, 3.05) is 13.1 Å². The maximum absolute atomic E-state index is 12.7. The van der Waals surface area contributed by atoms with Crippen molar-refractivity contribution in [2.24, 2.45) is 7.05 Å². The van der Waals surface area contributed by atoms with Crippen molar-refractivity contribution in [3.05, 3.63) is 42.0 Å². The second kappa shape index (κ2) is 5.23. The van der Waals surface area contributed by atoms with Gasteiger partial charge >= 0.3 is 0 Å². The number of rotatable bonds is 3. The van der Waals surface area contributed by atoms with Gasteiger partial charge in [-0.15, -0.1) is 10.2 Å². The Balaban J connectivity index is 1.84. The second-order valence-corrected chi connectivity index (χ2v) is 7.40. The molecule has 1 fully saturated rings. The monoisotopic (exact) mass is 306 g/mol. The van der Waals surface area contributed by atoms with E-state index in [2.05, 4.69) is 10.2 Å². The summed E-state index contributed by atoms with van der Waals surface area (Å²) in [6.45, 7) is 2.88. The Morgan fingerprint density at radius 3 is 2.81 bits per heavy atom. The molecule has 1 aromatic heterocycles. The largest absolute Gasteiger partial charge is 0.320 e. The molecule has 3 rings (SSSR count). The molecule has 0 bridgehead atoms. The molecule has 2 heterocycles. The van der Waals surface area contributed by atoms with E-state index in [1.807, 2.05) is 24.6 Å². The van der Waals surface area contributed by atoms with Crippen molar-refractivity contribution in [1.29, 1.82) is 0 Å². The van der Waals surface area contributed by atoms with Crippen molar-refractivity contribution < 1.29 is 8.42 Å². The summed E-state index contributed by atoms with van der Waals surface area (Å²) in [4.78, 5) is 0.362. The number of hydrogen-bond acceptors (Lipinski definition) is 4. The van der Waals surface area contributed by atoms with Gasteiger partial charge in [0, 0.05) is 26.1 Å². The third-order valence-corrected chi connectivity index (χ3v) is 5.75. The summed E-state index contributed by atoms with van der Waals surface area (Å²) in [5, 5.41) is 7.96. The molecule has 1 saturated heterocycles. The molecule has 1 atom stereocenters. The minimum atomic E-state index is -3.42. The number of benzene rings is 1. The molecule has 0 spiro atoms. The lowest BCUT2D eigenvalue weighted by Gasteiger charge is -2.16. The van der Waals surface area contributed by atoms with Crippen LogP contribution in [0.15, 0.2) is 35.5 Å². The topological polar surface area (TPSA) is 68.1 Å². The van der Waals surface area contributed by atoms with Crippen LogP contribution in [0.2, 0.25) is 0 Å². The van der Waals surface area contributed by atoms with Gasteiger partial charge in [0.25, 0.3) is 0 Å². The molecule has 0 amide bonds. The fraction of sp³-hybridized carbons (Fsp3) is 0.429. The van der Waals surface area contributed by atoms with Gasteiger partial charge in [0.1, 0.15) is 12.2 Å². The van der Waals surface area contributed by atoms with Crippen molar-refractivity contribution in [3.63, 3.8) is 0 Å². The summed E-state index contributed by atoms with van der Waals surface area (Å²) >= 11 is 0. The number of aryl methyl sites for hydroxylation is 2. The van der Waals surface area contributed by atoms with E-state index in [0.29, 0.717) is 18.0 Å². The van der Waals surface area contributed by atoms with E-state index in [0.717, 1.165) is 17.8 Å². The van der Waals surface area contributed by atoms with E-state index >= 15 is 0 Å². The minimum absolute atomic E-state index is 0.108. The van der Waals surface area contributed by atoms with Gasteiger partial charge < -0.3 is 4.57 Å². The number of hydrogen-bond donors (Lipinski definition) is 0. The Kier molecular flexibility index (Phi) is 3.54. The van der Waals surface area contributed by atoms with Gasteiger partial charge in [0.15, 0.2) is 0 Å². The van der Waals surface area contributed by atoms with Crippen LogP contribution in [-0.4, -0.2) is 40.6 Å². The van der Waals surface area contributed by atoms with Crippen molar-refractivity contribution in [3.8, 4) is 0 Å². The van der Waals surface area contributed by atoms with Gasteiger partial charge in [0.05, 0.1) is 4.90 Å². The molecule has 1 aliphatic rings. The molecule has 7 heteroatoms. The molecule has 1 aromatic carbocycles. The molecule has 21 heavy (non-hydrogen) atoms. The third-order valence-electron chi connectivity index (χ3n) is 3.89. The Hall–Kier alpha value is -1.73. The van der Waals surface area contributed by atoms with E-state index in [1.54, 1.807) is 28.8 Å². The minimum Gasteiger partial charge on any atom is -0.320 e. The average Bonchev–Trinajstić information content (AvgIpc) is 3.07. The van der Waals surface area contributed by atoms with E-state index in [1.165, 1.54) is 0 Å². The summed E-state index contributed by atoms with van der Waals surface area (Å²) < 4.78 is 28.7. The van der Waals surface area contributed by atoms with Crippen LogP contribution in [0.5, 0.6) is 0 Å². The SMILES string of the molecule is Cc1cccc(S(=O)(=O)N2CCC(c3nncn3C)C2)c1. The first kappa shape index (κ1) is 14.2. The number of nitrogens with zero attached hydrogens (tertiary/aromatic N) is 4. The van der Waals surface area contributed by atoms with Gasteiger partial charge in [0.2, 0.25) is 10.0 Å². The highest BCUT2D eigenvalue weighted by molar-refractivity contribution is 7.89. The van der Waals surface area contributed by atoms with Crippen LogP contribution in [0.3, 0.4) is 0 Å². The molecule has 2 aromatic rings. The molecular formula is C14H18N4O2S. The Morgan fingerprint density at radius 2 is 2.14 bits per heavy atom. The normalized spacial score (nSPS) is 20.0. The predicted molar refractivity (Wildman–Crippen MR) is 78.3 cm³/mol. The quantitative estimate of drug-likeness (QED) is 0.857. The maximum atomic E-state index is 12.7. The Bertz CT molecular complexity index is 754. The van der Waals surface area contributed by atoms with Gasteiger partial charge in [-0.3, -0.25) is 0 Å². The van der Waals surface area contributed by atoms with Crippen LogP contribution in [0.25, 0.3) is 0 Å². The fourth-order valence-electron chi connectivity index (χ4n) is 2.74. The average molecular weight is 306 g/mol. The first-order valence-corrected chi connectivity index (χ1v) is 8.33. The molecule has 112 valence electrons. The lowest BCUT2D eigenvalue weighted by Crippen LogP contribution is -2.29. The molecule has 0 saturated carbocycles. The molecule has 1 aliphatic heterocycles. The summed E-state index contributed by atoms with van der Waals surface area (Å²) in [6, 6.07) is 7.03. The van der Waals surface area contributed by atoms with Crippen LogP contribution in [-0.2, 0) is 17.1 Å². The number of sulfonamides is 1. The maximum Gasteiger partial charge on any atom is 0.243 e. The van der Waals surface area contributed by atoms with Gasteiger partial charge in [-0.25, -0.2) is 8.42 Å². The van der Waals surface area contributed by atoms with Crippen LogP contribution in [0.1, 0.15) is 23.7 Å². The van der Waals surface area contributed by atoms with Gasteiger partial charge in [-0.2, -0.15) is 4.31 Å². The molecule has 6 nitrogen and oxygen atoms in total. The Labute approximate surface area is 124 Å². The number of aromatic nitrogens is 3. The van der Waals surface area contributed by atoms with Crippen LogP contribution >= 0.6 is 0 Å². The van der Waals surface area contributed by atoms with E-state index in [4.69, 9.17) is 0 Å². The summed E-state index contributed by atoms with van der Waals surface area (Å²) in [5.74, 6) is 0.953. The van der Waals surface area contributed by atoms with Crippen molar-refractivity contribution >= 4 is 10.0 Å². The summed E-state index contributed by atoms with van der Waals surface area (Å²) in [7, 11) is -1.54. The zero-order valence-corrected chi connectivity index (χ0v) is 12.9. The predicted octanol–water partition coefficient (Wildman–Crippen LogP) is 1.30. The highest BCUT2D eigenvalue weighted by Gasteiger charge is 2.34. The van der Waals surface area contributed by atoms with E-state index < -0.39 is 10.0 Å². The lowest BCUT2D eigenvalue weighted by atomic mass is 10.1. The lowest BCUT2D eigenvalue weighted by molar-refractivity contribution is 0.469. The Morgan fingerprint density at radius 1 is 1.33 bits per heavy atom. The summed E-state index contributed by atoms with van der Waals surface area (Å²) in [6.07, 6.45) is 2.42. The fourth-order valence-corrected chi connectivity index (χ4v) is 4.35. The van der Waals surface area contributed by atoms with Crippen molar-refractivity contribution in [2.45, 2.75) is 24.2 Å². The first-order chi connectivity index (χ1) is 9.98. The molecular weight excluding hydrogens is 288 g/mol. The van der Waals surface area contributed by atoms with Gasteiger partial charge in [-0.1, -0.05) is 12.1 Å². The molecule has 1 unspecified atom stereocenters. The highest BCUT2D eigenvalue weighted by Crippen LogP contribution is 2.29. The van der Waals surface area contributed by atoms with Crippen LogP contribution in [0.4, 0.5) is 0 Å². The van der Waals surface area contributed by atoms with Crippen LogP contribution < -0.4 is 0 Å². The van der Waals surface area contributed by atoms with Crippen LogP contribution in [0, 0.1) is 6.92 Å². The van der Waals surface area contributed by atoms with E-state index in [-0.39, 0.29) is 5.92 Å². The molecule has 0 aliphatic carbocycles. The second-order valence-electron chi connectivity index (χ2n) is 5.47. The molecule has 0 radical (unpaired) electrons. The third kappa shape index (κ3) is 2.58. The highest BCUT2D eigenvalue weighted by atomic mass is 32.2. The molecule has 0 N–H and O–H groups in total.